The molecule has 21 heavy (non-hydrogen) atoms. The maximum absolute atomic E-state index is 12.5. The Morgan fingerprint density at radius 2 is 2.24 bits per heavy atom. The van der Waals surface area contributed by atoms with Crippen molar-refractivity contribution in [3.05, 3.63) is 35.8 Å². The summed E-state index contributed by atoms with van der Waals surface area (Å²) in [6.45, 7) is 3.77. The largest absolute Gasteiger partial charge is 0.326 e. The molecule has 2 N–H and O–H groups in total. The van der Waals surface area contributed by atoms with Gasteiger partial charge in [-0.05, 0) is 43.7 Å². The summed E-state index contributed by atoms with van der Waals surface area (Å²) in [5.74, 6) is 0.122. The van der Waals surface area contributed by atoms with Gasteiger partial charge in [-0.3, -0.25) is 4.79 Å². The second-order valence-electron chi connectivity index (χ2n) is 5.43. The van der Waals surface area contributed by atoms with Crippen molar-refractivity contribution in [2.75, 3.05) is 18.4 Å². The minimum Gasteiger partial charge on any atom is -0.326 e. The number of amides is 1. The fourth-order valence-corrected chi connectivity index (χ4v) is 3.37. The molecule has 1 aliphatic heterocycles. The van der Waals surface area contributed by atoms with Gasteiger partial charge in [-0.2, -0.15) is 0 Å². The van der Waals surface area contributed by atoms with Crippen molar-refractivity contribution in [3.8, 4) is 10.6 Å². The fourth-order valence-electron chi connectivity index (χ4n) is 2.73. The molecular formula is C16H19N3OS. The number of nitrogens with zero attached hydrogens (tertiary/aromatic N) is 1. The molecule has 1 fully saturated rings. The molecular weight excluding hydrogens is 282 g/mol. The van der Waals surface area contributed by atoms with E-state index in [1.165, 1.54) is 0 Å². The zero-order chi connectivity index (χ0) is 14.7. The van der Waals surface area contributed by atoms with Crippen molar-refractivity contribution >= 4 is 22.9 Å². The first kappa shape index (κ1) is 14.2. The van der Waals surface area contributed by atoms with E-state index in [2.05, 4.69) is 22.5 Å². The van der Waals surface area contributed by atoms with E-state index in [4.69, 9.17) is 0 Å². The van der Waals surface area contributed by atoms with Crippen molar-refractivity contribution in [3.63, 3.8) is 0 Å². The minimum absolute atomic E-state index is 0.122. The van der Waals surface area contributed by atoms with Crippen LogP contribution in [0.25, 0.3) is 10.6 Å². The molecule has 4 nitrogen and oxygen atoms in total. The van der Waals surface area contributed by atoms with Crippen LogP contribution in [-0.4, -0.2) is 24.0 Å². The van der Waals surface area contributed by atoms with Crippen LogP contribution in [0.2, 0.25) is 0 Å². The van der Waals surface area contributed by atoms with Gasteiger partial charge < -0.3 is 10.6 Å². The topological polar surface area (TPSA) is 54.0 Å². The molecule has 1 unspecified atom stereocenters. The lowest BCUT2D eigenvalue weighted by atomic mass is 9.83. The van der Waals surface area contributed by atoms with Crippen molar-refractivity contribution in [2.45, 2.75) is 19.8 Å². The summed E-state index contributed by atoms with van der Waals surface area (Å²) in [7, 11) is 0. The van der Waals surface area contributed by atoms with Gasteiger partial charge in [0, 0.05) is 29.4 Å². The number of thiazole rings is 1. The van der Waals surface area contributed by atoms with Crippen LogP contribution in [0, 0.1) is 5.41 Å². The van der Waals surface area contributed by atoms with E-state index in [9.17, 15) is 4.79 Å². The molecule has 1 saturated heterocycles. The second kappa shape index (κ2) is 5.95. The number of rotatable bonds is 4. The van der Waals surface area contributed by atoms with Crippen molar-refractivity contribution < 1.29 is 4.79 Å². The molecule has 1 amide bonds. The SMILES string of the molecule is CCC1(C(=O)Nc2ccc(-c3nccs3)cc2)CCNC1. The first-order valence-corrected chi connectivity index (χ1v) is 8.13. The molecule has 110 valence electrons. The van der Waals surface area contributed by atoms with Crippen LogP contribution in [0.4, 0.5) is 5.69 Å². The molecule has 0 spiro atoms. The summed E-state index contributed by atoms with van der Waals surface area (Å²) < 4.78 is 0. The molecule has 3 rings (SSSR count). The number of carbonyl (C=O) groups excluding carboxylic acids is 1. The Balaban J connectivity index is 1.72. The molecule has 2 heterocycles. The van der Waals surface area contributed by atoms with Crippen LogP contribution in [-0.2, 0) is 4.79 Å². The smallest absolute Gasteiger partial charge is 0.231 e. The van der Waals surface area contributed by atoms with Gasteiger partial charge in [0.25, 0.3) is 0 Å². The quantitative estimate of drug-likeness (QED) is 0.912. The third-order valence-corrected chi connectivity index (χ3v) is 5.05. The number of carbonyl (C=O) groups is 1. The van der Waals surface area contributed by atoms with Gasteiger partial charge in [0.2, 0.25) is 5.91 Å². The molecule has 5 heteroatoms. The zero-order valence-electron chi connectivity index (χ0n) is 12.1. The first-order chi connectivity index (χ1) is 10.2. The van der Waals surface area contributed by atoms with Crippen LogP contribution in [0.1, 0.15) is 19.8 Å². The Kier molecular flexibility index (Phi) is 4.03. The molecule has 2 aromatic rings. The average molecular weight is 301 g/mol. The molecule has 0 aliphatic carbocycles. The predicted octanol–water partition coefficient (Wildman–Crippen LogP) is 3.14. The van der Waals surface area contributed by atoms with E-state index in [-0.39, 0.29) is 11.3 Å². The number of hydrogen-bond acceptors (Lipinski definition) is 4. The van der Waals surface area contributed by atoms with Gasteiger partial charge in [0.1, 0.15) is 5.01 Å². The highest BCUT2D eigenvalue weighted by molar-refractivity contribution is 7.13. The number of hydrogen-bond donors (Lipinski definition) is 2. The van der Waals surface area contributed by atoms with Gasteiger partial charge in [0.05, 0.1) is 5.41 Å². The van der Waals surface area contributed by atoms with Gasteiger partial charge in [-0.1, -0.05) is 6.92 Å². The normalized spacial score (nSPS) is 21.4. The van der Waals surface area contributed by atoms with E-state index in [0.29, 0.717) is 0 Å². The van der Waals surface area contributed by atoms with Gasteiger partial charge in [-0.15, -0.1) is 11.3 Å². The number of benzene rings is 1. The lowest BCUT2D eigenvalue weighted by Gasteiger charge is -2.25. The van der Waals surface area contributed by atoms with Crippen LogP contribution < -0.4 is 10.6 Å². The van der Waals surface area contributed by atoms with Crippen molar-refractivity contribution in [1.29, 1.82) is 0 Å². The van der Waals surface area contributed by atoms with Crippen molar-refractivity contribution in [1.82, 2.24) is 10.3 Å². The van der Waals surface area contributed by atoms with Crippen LogP contribution in [0.15, 0.2) is 35.8 Å². The standard InChI is InChI=1S/C16H19N3OS/c1-2-16(7-8-17-11-16)15(20)19-13-5-3-12(4-6-13)14-18-9-10-21-14/h3-6,9-10,17H,2,7-8,11H2,1H3,(H,19,20). The number of anilines is 1. The summed E-state index contributed by atoms with van der Waals surface area (Å²) in [4.78, 5) is 16.8. The summed E-state index contributed by atoms with van der Waals surface area (Å²) in [5.41, 5.74) is 1.67. The summed E-state index contributed by atoms with van der Waals surface area (Å²) in [6, 6.07) is 7.89. The Morgan fingerprint density at radius 1 is 1.43 bits per heavy atom. The zero-order valence-corrected chi connectivity index (χ0v) is 12.9. The maximum Gasteiger partial charge on any atom is 0.231 e. The van der Waals surface area contributed by atoms with Crippen molar-refractivity contribution in [2.24, 2.45) is 5.41 Å². The fraction of sp³-hybridized carbons (Fsp3) is 0.375. The first-order valence-electron chi connectivity index (χ1n) is 7.26. The van der Waals surface area contributed by atoms with E-state index in [1.54, 1.807) is 17.5 Å². The van der Waals surface area contributed by atoms with Gasteiger partial charge >= 0.3 is 0 Å². The van der Waals surface area contributed by atoms with E-state index < -0.39 is 0 Å². The second-order valence-corrected chi connectivity index (χ2v) is 6.32. The predicted molar refractivity (Wildman–Crippen MR) is 86.4 cm³/mol. The third kappa shape index (κ3) is 2.84. The van der Waals surface area contributed by atoms with Crippen LogP contribution in [0.3, 0.4) is 0 Å². The molecule has 1 aromatic carbocycles. The Morgan fingerprint density at radius 3 is 2.81 bits per heavy atom. The van der Waals surface area contributed by atoms with Crippen LogP contribution >= 0.6 is 11.3 Å². The molecule has 1 aliphatic rings. The molecule has 0 saturated carbocycles. The van der Waals surface area contributed by atoms with Gasteiger partial charge in [0.15, 0.2) is 0 Å². The van der Waals surface area contributed by atoms with E-state index in [0.717, 1.165) is 42.2 Å². The highest BCUT2D eigenvalue weighted by atomic mass is 32.1. The number of aromatic nitrogens is 1. The third-order valence-electron chi connectivity index (χ3n) is 4.22. The molecule has 1 aromatic heterocycles. The maximum atomic E-state index is 12.5. The Bertz CT molecular complexity index is 601. The average Bonchev–Trinajstić information content (AvgIpc) is 3.20. The summed E-state index contributed by atoms with van der Waals surface area (Å²) in [5, 5.41) is 9.30. The highest BCUT2D eigenvalue weighted by Gasteiger charge is 2.39. The van der Waals surface area contributed by atoms with E-state index >= 15 is 0 Å². The Labute approximate surface area is 128 Å². The lowest BCUT2D eigenvalue weighted by molar-refractivity contribution is -0.124. The summed E-state index contributed by atoms with van der Waals surface area (Å²) in [6.07, 6.45) is 3.57. The number of nitrogens with one attached hydrogen (secondary N) is 2. The van der Waals surface area contributed by atoms with Crippen LogP contribution in [0.5, 0.6) is 0 Å². The Hall–Kier alpha value is -1.72. The monoisotopic (exact) mass is 301 g/mol. The highest BCUT2D eigenvalue weighted by Crippen LogP contribution is 2.31. The van der Waals surface area contributed by atoms with Gasteiger partial charge in [-0.25, -0.2) is 4.98 Å². The minimum atomic E-state index is -0.256. The summed E-state index contributed by atoms with van der Waals surface area (Å²) >= 11 is 1.61. The molecule has 1 atom stereocenters. The van der Waals surface area contributed by atoms with E-state index in [1.807, 2.05) is 29.6 Å². The molecule has 0 bridgehead atoms. The lowest BCUT2D eigenvalue weighted by Crippen LogP contribution is -2.37. The molecule has 0 radical (unpaired) electrons.